The molecule has 0 saturated heterocycles. The van der Waals surface area contributed by atoms with Crippen LogP contribution in [0, 0.1) is 6.92 Å². The molecule has 3 rings (SSSR count). The van der Waals surface area contributed by atoms with Gasteiger partial charge in [0, 0.05) is 15.4 Å². The Hall–Kier alpha value is -1.96. The number of rotatable bonds is 3. The Balaban J connectivity index is 2.19. The average Bonchev–Trinajstić information content (AvgIpc) is 2.81. The summed E-state index contributed by atoms with van der Waals surface area (Å²) in [5.74, 6) is 0.168. The second-order valence-corrected chi connectivity index (χ2v) is 7.43. The number of carbonyl (C=O) groups is 1. The fourth-order valence-corrected chi connectivity index (χ4v) is 4.01. The van der Waals surface area contributed by atoms with Gasteiger partial charge in [0.2, 0.25) is 10.0 Å². The summed E-state index contributed by atoms with van der Waals surface area (Å²) < 4.78 is 29.1. The third-order valence-corrected chi connectivity index (χ3v) is 5.40. The van der Waals surface area contributed by atoms with E-state index in [-0.39, 0.29) is 16.2 Å². The molecule has 0 atom stereocenters. The summed E-state index contributed by atoms with van der Waals surface area (Å²) in [6.45, 7) is 1.70. The predicted octanol–water partition coefficient (Wildman–Crippen LogP) is 3.38. The molecular weight excluding hydrogens is 382 g/mol. The Morgan fingerprint density at radius 1 is 1.17 bits per heavy atom. The van der Waals surface area contributed by atoms with E-state index in [1.54, 1.807) is 25.1 Å². The molecule has 0 radical (unpaired) electrons. The molecular formula is C16H12BrNO4S. The summed E-state index contributed by atoms with van der Waals surface area (Å²) in [7, 11) is -3.93. The maximum absolute atomic E-state index is 12.8. The highest BCUT2D eigenvalue weighted by atomic mass is 79.9. The number of benzene rings is 2. The molecule has 5 nitrogen and oxygen atoms in total. The minimum Gasteiger partial charge on any atom is -0.461 e. The van der Waals surface area contributed by atoms with Crippen molar-refractivity contribution in [2.24, 2.45) is 5.14 Å². The number of nitrogens with two attached hydrogens (primary N) is 1. The highest BCUT2D eigenvalue weighted by Crippen LogP contribution is 2.29. The number of fused-ring (bicyclic) bond motifs is 1. The van der Waals surface area contributed by atoms with Gasteiger partial charge in [0.15, 0.2) is 5.78 Å². The van der Waals surface area contributed by atoms with Crippen molar-refractivity contribution in [3.05, 3.63) is 63.8 Å². The molecule has 0 amide bonds. The maximum atomic E-state index is 12.8. The predicted molar refractivity (Wildman–Crippen MR) is 89.9 cm³/mol. The molecule has 0 saturated carbocycles. The van der Waals surface area contributed by atoms with Gasteiger partial charge in [0.25, 0.3) is 0 Å². The third-order valence-electron chi connectivity index (χ3n) is 3.50. The molecule has 1 heterocycles. The van der Waals surface area contributed by atoms with E-state index in [0.29, 0.717) is 26.8 Å². The first-order chi connectivity index (χ1) is 10.8. The number of furan rings is 1. The molecule has 0 fully saturated rings. The highest BCUT2D eigenvalue weighted by molar-refractivity contribution is 9.10. The average molecular weight is 394 g/mol. The number of hydrogen-bond acceptors (Lipinski definition) is 4. The zero-order valence-electron chi connectivity index (χ0n) is 12.0. The van der Waals surface area contributed by atoms with Crippen molar-refractivity contribution in [2.45, 2.75) is 11.8 Å². The van der Waals surface area contributed by atoms with Gasteiger partial charge in [-0.2, -0.15) is 0 Å². The van der Waals surface area contributed by atoms with Crippen LogP contribution in [-0.2, 0) is 10.0 Å². The Bertz CT molecular complexity index is 1040. The number of ketones is 1. The van der Waals surface area contributed by atoms with E-state index in [0.717, 1.165) is 0 Å². The highest BCUT2D eigenvalue weighted by Gasteiger charge is 2.22. The van der Waals surface area contributed by atoms with Crippen molar-refractivity contribution in [2.75, 3.05) is 0 Å². The van der Waals surface area contributed by atoms with Gasteiger partial charge < -0.3 is 4.42 Å². The van der Waals surface area contributed by atoms with Gasteiger partial charge >= 0.3 is 0 Å². The van der Waals surface area contributed by atoms with Crippen molar-refractivity contribution in [1.29, 1.82) is 0 Å². The SMILES string of the molecule is Cc1oc2ccccc2c1C(=O)c1ccc(Br)c(S(N)(=O)=O)c1. The summed E-state index contributed by atoms with van der Waals surface area (Å²) in [6.07, 6.45) is 0. The lowest BCUT2D eigenvalue weighted by atomic mass is 10.0. The first-order valence-corrected chi connectivity index (χ1v) is 8.98. The molecule has 0 spiro atoms. The first-order valence-electron chi connectivity index (χ1n) is 6.64. The second-order valence-electron chi connectivity index (χ2n) is 5.05. The Kier molecular flexibility index (Phi) is 3.87. The van der Waals surface area contributed by atoms with E-state index in [2.05, 4.69) is 15.9 Å². The van der Waals surface area contributed by atoms with Crippen LogP contribution < -0.4 is 5.14 Å². The minimum absolute atomic E-state index is 0.131. The van der Waals surface area contributed by atoms with Crippen LogP contribution in [0.2, 0.25) is 0 Å². The van der Waals surface area contributed by atoms with Crippen LogP contribution in [0.25, 0.3) is 11.0 Å². The number of halogens is 1. The summed E-state index contributed by atoms with van der Waals surface area (Å²) in [4.78, 5) is 12.7. The van der Waals surface area contributed by atoms with Gasteiger partial charge in [-0.1, -0.05) is 18.2 Å². The summed E-state index contributed by atoms with van der Waals surface area (Å²) >= 11 is 3.13. The van der Waals surface area contributed by atoms with E-state index in [1.165, 1.54) is 12.1 Å². The molecule has 1 aromatic heterocycles. The second kappa shape index (κ2) is 5.59. The molecule has 118 valence electrons. The normalized spacial score (nSPS) is 11.8. The van der Waals surface area contributed by atoms with Gasteiger partial charge in [0.05, 0.1) is 10.5 Å². The Morgan fingerprint density at radius 2 is 1.87 bits per heavy atom. The fourth-order valence-electron chi connectivity index (χ4n) is 2.46. The lowest BCUT2D eigenvalue weighted by Crippen LogP contribution is -2.14. The van der Waals surface area contributed by atoms with Gasteiger partial charge in [-0.05, 0) is 47.1 Å². The summed E-state index contributed by atoms with van der Waals surface area (Å²) in [6, 6.07) is 11.5. The van der Waals surface area contributed by atoms with Crippen molar-refractivity contribution >= 4 is 42.7 Å². The molecule has 0 bridgehead atoms. The number of sulfonamides is 1. The minimum atomic E-state index is -3.93. The van der Waals surface area contributed by atoms with Gasteiger partial charge in [-0.15, -0.1) is 0 Å². The summed E-state index contributed by atoms with van der Waals surface area (Å²) in [5, 5.41) is 5.87. The standard InChI is InChI=1S/C16H12BrNO4S/c1-9-15(11-4-2-3-5-13(11)22-9)16(19)10-6-7-12(17)14(8-10)23(18,20)21/h2-8H,1H3,(H2,18,20,21). The number of primary sulfonamides is 1. The topological polar surface area (TPSA) is 90.4 Å². The van der Waals surface area contributed by atoms with Crippen molar-refractivity contribution in [3.8, 4) is 0 Å². The monoisotopic (exact) mass is 393 g/mol. The van der Waals surface area contributed by atoms with Gasteiger partial charge in [-0.25, -0.2) is 13.6 Å². The van der Waals surface area contributed by atoms with Gasteiger partial charge in [0.1, 0.15) is 11.3 Å². The van der Waals surface area contributed by atoms with Crippen LogP contribution in [0.1, 0.15) is 21.7 Å². The fraction of sp³-hybridized carbons (Fsp3) is 0.0625. The number of para-hydroxylation sites is 1. The molecule has 23 heavy (non-hydrogen) atoms. The quantitative estimate of drug-likeness (QED) is 0.690. The van der Waals surface area contributed by atoms with Crippen molar-refractivity contribution in [1.82, 2.24) is 0 Å². The maximum Gasteiger partial charge on any atom is 0.239 e. The molecule has 3 aromatic rings. The van der Waals surface area contributed by atoms with E-state index in [4.69, 9.17) is 9.56 Å². The first kappa shape index (κ1) is 15.9. The Morgan fingerprint density at radius 3 is 2.57 bits per heavy atom. The molecule has 2 aromatic carbocycles. The van der Waals surface area contributed by atoms with E-state index in [1.807, 2.05) is 12.1 Å². The van der Waals surface area contributed by atoms with Crippen molar-refractivity contribution in [3.63, 3.8) is 0 Å². The molecule has 0 aliphatic heterocycles. The van der Waals surface area contributed by atoms with Crippen LogP contribution in [0.4, 0.5) is 0 Å². The van der Waals surface area contributed by atoms with E-state index < -0.39 is 10.0 Å². The van der Waals surface area contributed by atoms with Crippen LogP contribution in [0.15, 0.2) is 56.2 Å². The number of aryl methyl sites for hydroxylation is 1. The lowest BCUT2D eigenvalue weighted by molar-refractivity contribution is 0.103. The van der Waals surface area contributed by atoms with Crippen LogP contribution in [-0.4, -0.2) is 14.2 Å². The van der Waals surface area contributed by atoms with Crippen LogP contribution >= 0.6 is 15.9 Å². The largest absolute Gasteiger partial charge is 0.461 e. The van der Waals surface area contributed by atoms with E-state index in [9.17, 15) is 13.2 Å². The zero-order chi connectivity index (χ0) is 16.8. The molecule has 7 heteroatoms. The lowest BCUT2D eigenvalue weighted by Gasteiger charge is -2.06. The molecule has 0 aliphatic carbocycles. The third kappa shape index (κ3) is 2.83. The van der Waals surface area contributed by atoms with Crippen molar-refractivity contribution < 1.29 is 17.6 Å². The summed E-state index contributed by atoms with van der Waals surface area (Å²) in [5.41, 5.74) is 1.26. The van der Waals surface area contributed by atoms with Crippen LogP contribution in [0.3, 0.4) is 0 Å². The van der Waals surface area contributed by atoms with E-state index >= 15 is 0 Å². The molecule has 0 unspecified atom stereocenters. The number of carbonyl (C=O) groups excluding carboxylic acids is 1. The Labute approximate surface area is 141 Å². The molecule has 0 aliphatic rings. The zero-order valence-corrected chi connectivity index (χ0v) is 14.4. The molecule has 2 N–H and O–H groups in total. The number of hydrogen-bond donors (Lipinski definition) is 1. The van der Waals surface area contributed by atoms with Gasteiger partial charge in [-0.3, -0.25) is 4.79 Å². The smallest absolute Gasteiger partial charge is 0.239 e. The van der Waals surface area contributed by atoms with Crippen LogP contribution in [0.5, 0.6) is 0 Å².